The van der Waals surface area contributed by atoms with E-state index in [9.17, 15) is 4.79 Å². The van der Waals surface area contributed by atoms with Crippen LogP contribution in [0.25, 0.3) is 10.2 Å². The Hall–Kier alpha value is -2.24. The van der Waals surface area contributed by atoms with Crippen LogP contribution in [0.1, 0.15) is 11.6 Å². The van der Waals surface area contributed by atoms with Crippen molar-refractivity contribution in [1.29, 1.82) is 0 Å². The van der Waals surface area contributed by atoms with Gasteiger partial charge in [0, 0.05) is 5.69 Å². The normalized spacial score (nSPS) is 12.2. The molecule has 0 spiro atoms. The molecule has 20 heavy (non-hydrogen) atoms. The van der Waals surface area contributed by atoms with E-state index in [0.29, 0.717) is 5.69 Å². The highest BCUT2D eigenvalue weighted by Gasteiger charge is 2.15. The molecule has 1 aromatic heterocycles. The molecule has 1 amide bonds. The Morgan fingerprint density at radius 2 is 2.00 bits per heavy atom. The minimum atomic E-state index is -0.678. The van der Waals surface area contributed by atoms with Gasteiger partial charge in [0.1, 0.15) is 6.04 Å². The lowest BCUT2D eigenvalue weighted by Gasteiger charge is -2.12. The van der Waals surface area contributed by atoms with Gasteiger partial charge >= 0.3 is 0 Å². The van der Waals surface area contributed by atoms with Crippen molar-refractivity contribution in [2.24, 2.45) is 5.73 Å². The molecule has 1 heterocycles. The van der Waals surface area contributed by atoms with Crippen LogP contribution in [0.3, 0.4) is 0 Å². The van der Waals surface area contributed by atoms with Crippen LogP contribution in [0.15, 0.2) is 54.0 Å². The molecule has 0 radical (unpaired) electrons. The van der Waals surface area contributed by atoms with Gasteiger partial charge in [0.2, 0.25) is 5.91 Å². The second-order valence-electron chi connectivity index (χ2n) is 4.41. The van der Waals surface area contributed by atoms with Crippen LogP contribution in [0.5, 0.6) is 0 Å². The number of rotatable bonds is 3. The first-order valence-electron chi connectivity index (χ1n) is 6.19. The molecular weight excluding hydrogens is 270 g/mol. The second kappa shape index (κ2) is 5.40. The summed E-state index contributed by atoms with van der Waals surface area (Å²) < 4.78 is 1.09. The summed E-state index contributed by atoms with van der Waals surface area (Å²) >= 11 is 1.57. The predicted octanol–water partition coefficient (Wildman–Crippen LogP) is 2.93. The molecule has 0 unspecified atom stereocenters. The summed E-state index contributed by atoms with van der Waals surface area (Å²) in [5, 5.41) is 2.82. The number of carbonyl (C=O) groups is 1. The fourth-order valence-electron chi connectivity index (χ4n) is 1.97. The summed E-state index contributed by atoms with van der Waals surface area (Å²) in [4.78, 5) is 16.4. The van der Waals surface area contributed by atoms with E-state index < -0.39 is 6.04 Å². The van der Waals surface area contributed by atoms with Gasteiger partial charge in [0.15, 0.2) is 0 Å². The zero-order valence-electron chi connectivity index (χ0n) is 10.6. The van der Waals surface area contributed by atoms with E-state index in [4.69, 9.17) is 5.73 Å². The lowest BCUT2D eigenvalue weighted by atomic mass is 10.1. The minimum Gasteiger partial charge on any atom is -0.324 e. The van der Waals surface area contributed by atoms with Gasteiger partial charge in [0.25, 0.3) is 0 Å². The van der Waals surface area contributed by atoms with Gasteiger partial charge in [-0.1, -0.05) is 30.3 Å². The molecule has 5 heteroatoms. The van der Waals surface area contributed by atoms with Crippen LogP contribution < -0.4 is 11.1 Å². The smallest absolute Gasteiger partial charge is 0.245 e. The summed E-state index contributed by atoms with van der Waals surface area (Å²) in [5.41, 5.74) is 10.1. The Labute approximate surface area is 120 Å². The fourth-order valence-corrected chi connectivity index (χ4v) is 2.63. The molecule has 0 aliphatic rings. The van der Waals surface area contributed by atoms with Crippen LogP contribution in [0.2, 0.25) is 0 Å². The van der Waals surface area contributed by atoms with Crippen molar-refractivity contribution in [3.8, 4) is 0 Å². The zero-order valence-corrected chi connectivity index (χ0v) is 11.4. The summed E-state index contributed by atoms with van der Waals surface area (Å²) in [6.45, 7) is 0. The van der Waals surface area contributed by atoms with Crippen LogP contribution in [0, 0.1) is 0 Å². The summed E-state index contributed by atoms with van der Waals surface area (Å²) in [5.74, 6) is -0.231. The van der Waals surface area contributed by atoms with Gasteiger partial charge < -0.3 is 11.1 Å². The second-order valence-corrected chi connectivity index (χ2v) is 5.30. The molecule has 100 valence electrons. The van der Waals surface area contributed by atoms with Crippen molar-refractivity contribution in [3.05, 3.63) is 59.6 Å². The molecule has 0 aliphatic carbocycles. The molecule has 2 aromatic carbocycles. The topological polar surface area (TPSA) is 68.0 Å². The number of hydrogen-bond donors (Lipinski definition) is 2. The molecule has 0 bridgehead atoms. The molecule has 0 fully saturated rings. The Morgan fingerprint density at radius 1 is 1.20 bits per heavy atom. The largest absolute Gasteiger partial charge is 0.324 e. The molecule has 3 N–H and O–H groups in total. The first-order valence-corrected chi connectivity index (χ1v) is 7.06. The van der Waals surface area contributed by atoms with Gasteiger partial charge in [-0.15, -0.1) is 11.3 Å². The lowest BCUT2D eigenvalue weighted by Crippen LogP contribution is -2.27. The third-order valence-corrected chi connectivity index (χ3v) is 3.85. The van der Waals surface area contributed by atoms with Crippen molar-refractivity contribution in [2.45, 2.75) is 6.04 Å². The number of nitrogens with one attached hydrogen (secondary N) is 1. The quantitative estimate of drug-likeness (QED) is 0.776. The number of benzene rings is 2. The number of nitrogens with zero attached hydrogens (tertiary/aromatic N) is 1. The molecule has 0 saturated carbocycles. The number of carbonyl (C=O) groups excluding carboxylic acids is 1. The number of thiazole rings is 1. The van der Waals surface area contributed by atoms with Crippen LogP contribution in [-0.2, 0) is 4.79 Å². The Bertz CT molecular complexity index is 739. The van der Waals surface area contributed by atoms with Crippen molar-refractivity contribution in [2.75, 3.05) is 5.32 Å². The number of anilines is 1. The summed E-state index contributed by atoms with van der Waals surface area (Å²) in [6, 6.07) is 14.3. The highest BCUT2D eigenvalue weighted by atomic mass is 32.1. The van der Waals surface area contributed by atoms with Gasteiger partial charge in [0.05, 0.1) is 15.7 Å². The van der Waals surface area contributed by atoms with Crippen LogP contribution in [0.4, 0.5) is 5.69 Å². The van der Waals surface area contributed by atoms with E-state index in [2.05, 4.69) is 10.3 Å². The highest BCUT2D eigenvalue weighted by Crippen LogP contribution is 2.22. The first kappa shape index (κ1) is 12.8. The Morgan fingerprint density at radius 3 is 2.80 bits per heavy atom. The van der Waals surface area contributed by atoms with Crippen LogP contribution in [-0.4, -0.2) is 10.9 Å². The van der Waals surface area contributed by atoms with Crippen molar-refractivity contribution in [3.63, 3.8) is 0 Å². The molecule has 3 rings (SSSR count). The maximum absolute atomic E-state index is 12.1. The van der Waals surface area contributed by atoms with Crippen molar-refractivity contribution >= 4 is 33.1 Å². The van der Waals surface area contributed by atoms with E-state index >= 15 is 0 Å². The monoisotopic (exact) mass is 283 g/mol. The highest BCUT2D eigenvalue weighted by molar-refractivity contribution is 7.16. The average Bonchev–Trinajstić information content (AvgIpc) is 2.95. The molecular formula is C15H13N3OS. The number of aromatic nitrogens is 1. The van der Waals surface area contributed by atoms with Crippen molar-refractivity contribution < 1.29 is 4.79 Å². The van der Waals surface area contributed by atoms with E-state index in [1.54, 1.807) is 16.8 Å². The molecule has 0 saturated heterocycles. The molecule has 4 nitrogen and oxygen atoms in total. The maximum atomic E-state index is 12.1. The van der Waals surface area contributed by atoms with E-state index in [1.807, 2.05) is 48.5 Å². The number of nitrogens with two attached hydrogens (primary N) is 1. The standard InChI is InChI=1S/C15H13N3OS/c16-14(10-4-2-1-3-5-10)15(19)18-11-6-7-13-12(8-11)17-9-20-13/h1-9,14H,16H2,(H,18,19)/t14-/m1/s1. The fraction of sp³-hybridized carbons (Fsp3) is 0.0667. The Balaban J connectivity index is 1.78. The lowest BCUT2D eigenvalue weighted by molar-refractivity contribution is -0.117. The molecule has 3 aromatic rings. The Kier molecular flexibility index (Phi) is 3.45. The third kappa shape index (κ3) is 2.54. The SMILES string of the molecule is N[C@@H](C(=O)Nc1ccc2scnc2c1)c1ccccc1. The van der Waals surface area contributed by atoms with E-state index in [1.165, 1.54) is 0 Å². The number of hydrogen-bond acceptors (Lipinski definition) is 4. The maximum Gasteiger partial charge on any atom is 0.245 e. The van der Waals surface area contributed by atoms with Gasteiger partial charge in [-0.3, -0.25) is 4.79 Å². The molecule has 1 atom stereocenters. The minimum absolute atomic E-state index is 0.231. The average molecular weight is 283 g/mol. The van der Waals surface area contributed by atoms with Gasteiger partial charge in [-0.2, -0.15) is 0 Å². The summed E-state index contributed by atoms with van der Waals surface area (Å²) in [7, 11) is 0. The zero-order chi connectivity index (χ0) is 13.9. The molecule has 0 aliphatic heterocycles. The van der Waals surface area contributed by atoms with Crippen LogP contribution >= 0.6 is 11.3 Å². The van der Waals surface area contributed by atoms with E-state index in [-0.39, 0.29) is 5.91 Å². The first-order chi connectivity index (χ1) is 9.74. The van der Waals surface area contributed by atoms with Crippen molar-refractivity contribution in [1.82, 2.24) is 4.98 Å². The van der Waals surface area contributed by atoms with E-state index in [0.717, 1.165) is 15.8 Å². The number of amides is 1. The van der Waals surface area contributed by atoms with Gasteiger partial charge in [-0.25, -0.2) is 4.98 Å². The number of fused-ring (bicyclic) bond motifs is 1. The third-order valence-electron chi connectivity index (χ3n) is 3.04. The summed E-state index contributed by atoms with van der Waals surface area (Å²) in [6.07, 6.45) is 0. The predicted molar refractivity (Wildman–Crippen MR) is 81.6 cm³/mol. The van der Waals surface area contributed by atoms with Gasteiger partial charge in [-0.05, 0) is 23.8 Å².